The maximum absolute atomic E-state index is 11.1. The topological polar surface area (TPSA) is 70.9 Å². The molecule has 0 saturated heterocycles. The number of aromatic carboxylic acids is 1. The third kappa shape index (κ3) is 1.71. The monoisotopic (exact) mass is 269 g/mol. The van der Waals surface area contributed by atoms with E-state index in [1.54, 1.807) is 6.07 Å². The average Bonchev–Trinajstić information content (AvgIpc) is 2.92. The van der Waals surface area contributed by atoms with Gasteiger partial charge in [-0.25, -0.2) is 4.79 Å². The minimum absolute atomic E-state index is 0.201. The molecule has 3 aromatic rings. The van der Waals surface area contributed by atoms with Crippen LogP contribution in [0.5, 0.6) is 0 Å². The molecule has 0 aliphatic rings. The lowest BCUT2D eigenvalue weighted by Gasteiger charge is -2.04. The third-order valence-corrected chi connectivity index (χ3v) is 3.66. The number of nitrogens with one attached hydrogen (secondary N) is 1. The highest BCUT2D eigenvalue weighted by Crippen LogP contribution is 2.32. The molecule has 2 heterocycles. The summed E-state index contributed by atoms with van der Waals surface area (Å²) in [6, 6.07) is 7.48. The predicted octanol–water partition coefficient (Wildman–Crippen LogP) is 2.88. The Hall–Kier alpha value is -2.56. The van der Waals surface area contributed by atoms with E-state index in [4.69, 9.17) is 5.11 Å². The SMILES string of the molecule is Cc1nn(C)c(C)c1-c1cccc2cc(C(=O)O)[nH]c12. The van der Waals surface area contributed by atoms with Crippen molar-refractivity contribution in [2.45, 2.75) is 13.8 Å². The first-order valence-electron chi connectivity index (χ1n) is 6.34. The normalized spacial score (nSPS) is 11.2. The quantitative estimate of drug-likeness (QED) is 0.751. The Kier molecular flexibility index (Phi) is 2.64. The van der Waals surface area contributed by atoms with Crippen molar-refractivity contribution < 1.29 is 9.90 Å². The molecular formula is C15H15N3O2. The van der Waals surface area contributed by atoms with E-state index < -0.39 is 5.97 Å². The first-order chi connectivity index (χ1) is 9.49. The number of aryl methyl sites for hydroxylation is 2. The Morgan fingerprint density at radius 3 is 2.70 bits per heavy atom. The molecule has 0 fully saturated rings. The zero-order valence-electron chi connectivity index (χ0n) is 11.6. The van der Waals surface area contributed by atoms with Crippen LogP contribution in [0.25, 0.3) is 22.0 Å². The van der Waals surface area contributed by atoms with Crippen molar-refractivity contribution in [2.24, 2.45) is 7.05 Å². The highest BCUT2D eigenvalue weighted by molar-refractivity contribution is 6.00. The second-order valence-electron chi connectivity index (χ2n) is 4.93. The number of carbonyl (C=O) groups is 1. The fraction of sp³-hybridized carbons (Fsp3) is 0.200. The van der Waals surface area contributed by atoms with Gasteiger partial charge in [0, 0.05) is 29.3 Å². The molecule has 5 nitrogen and oxygen atoms in total. The van der Waals surface area contributed by atoms with Gasteiger partial charge in [-0.1, -0.05) is 18.2 Å². The molecule has 2 N–H and O–H groups in total. The van der Waals surface area contributed by atoms with E-state index in [-0.39, 0.29) is 5.69 Å². The molecule has 0 amide bonds. The lowest BCUT2D eigenvalue weighted by molar-refractivity contribution is 0.0691. The Bertz CT molecular complexity index is 827. The van der Waals surface area contributed by atoms with Crippen molar-refractivity contribution in [1.82, 2.24) is 14.8 Å². The second-order valence-corrected chi connectivity index (χ2v) is 4.93. The van der Waals surface area contributed by atoms with Crippen molar-refractivity contribution in [2.75, 3.05) is 0 Å². The zero-order valence-corrected chi connectivity index (χ0v) is 11.6. The smallest absolute Gasteiger partial charge is 0.352 e. The van der Waals surface area contributed by atoms with Gasteiger partial charge in [0.25, 0.3) is 0 Å². The van der Waals surface area contributed by atoms with Crippen molar-refractivity contribution in [1.29, 1.82) is 0 Å². The van der Waals surface area contributed by atoms with Gasteiger partial charge < -0.3 is 10.1 Å². The van der Waals surface area contributed by atoms with Crippen LogP contribution in [0, 0.1) is 13.8 Å². The van der Waals surface area contributed by atoms with Crippen LogP contribution in [0.4, 0.5) is 0 Å². The summed E-state index contributed by atoms with van der Waals surface area (Å²) in [6.07, 6.45) is 0. The molecule has 20 heavy (non-hydrogen) atoms. The number of hydrogen-bond donors (Lipinski definition) is 2. The maximum atomic E-state index is 11.1. The molecule has 0 saturated carbocycles. The van der Waals surface area contributed by atoms with Gasteiger partial charge in [-0.15, -0.1) is 0 Å². The van der Waals surface area contributed by atoms with Crippen LogP contribution in [-0.2, 0) is 7.05 Å². The molecule has 0 aliphatic heterocycles. The summed E-state index contributed by atoms with van der Waals surface area (Å²) in [5.74, 6) is -0.952. The Labute approximate surface area is 115 Å². The standard InChI is InChI=1S/C15H15N3O2/c1-8-13(9(2)18(3)17-8)11-6-4-5-10-7-12(15(19)20)16-14(10)11/h4-7,16H,1-3H3,(H,19,20). The third-order valence-electron chi connectivity index (χ3n) is 3.66. The predicted molar refractivity (Wildman–Crippen MR) is 76.9 cm³/mol. The molecule has 3 rings (SSSR count). The second kappa shape index (κ2) is 4.23. The van der Waals surface area contributed by atoms with Gasteiger partial charge in [-0.05, 0) is 19.9 Å². The highest BCUT2D eigenvalue weighted by atomic mass is 16.4. The number of fused-ring (bicyclic) bond motifs is 1. The van der Waals surface area contributed by atoms with Crippen molar-refractivity contribution in [3.63, 3.8) is 0 Å². The summed E-state index contributed by atoms with van der Waals surface area (Å²) in [7, 11) is 1.91. The number of rotatable bonds is 2. The number of para-hydroxylation sites is 1. The Morgan fingerprint density at radius 1 is 1.35 bits per heavy atom. The molecule has 2 aromatic heterocycles. The van der Waals surface area contributed by atoms with Gasteiger partial charge in [-0.3, -0.25) is 4.68 Å². The summed E-state index contributed by atoms with van der Waals surface area (Å²) >= 11 is 0. The van der Waals surface area contributed by atoms with Crippen molar-refractivity contribution in [3.8, 4) is 11.1 Å². The number of H-pyrrole nitrogens is 1. The van der Waals surface area contributed by atoms with Crippen LogP contribution in [0.3, 0.4) is 0 Å². The number of carboxylic acid groups (broad SMARTS) is 1. The van der Waals surface area contributed by atoms with Gasteiger partial charge in [0.2, 0.25) is 0 Å². The minimum atomic E-state index is -0.952. The zero-order chi connectivity index (χ0) is 14.4. The van der Waals surface area contributed by atoms with Gasteiger partial charge in [0.1, 0.15) is 5.69 Å². The Balaban J connectivity index is 2.33. The van der Waals surface area contributed by atoms with Crippen LogP contribution >= 0.6 is 0 Å². The van der Waals surface area contributed by atoms with Crippen molar-refractivity contribution >= 4 is 16.9 Å². The van der Waals surface area contributed by atoms with Crippen LogP contribution in [0.2, 0.25) is 0 Å². The van der Waals surface area contributed by atoms with E-state index in [0.29, 0.717) is 0 Å². The van der Waals surface area contributed by atoms with Gasteiger partial charge in [-0.2, -0.15) is 5.10 Å². The molecule has 0 atom stereocenters. The van der Waals surface area contributed by atoms with E-state index in [1.165, 1.54) is 0 Å². The maximum Gasteiger partial charge on any atom is 0.352 e. The molecule has 0 spiro atoms. The lowest BCUT2D eigenvalue weighted by atomic mass is 10.0. The van der Waals surface area contributed by atoms with Crippen molar-refractivity contribution in [3.05, 3.63) is 41.3 Å². The van der Waals surface area contributed by atoms with Crippen LogP contribution in [-0.4, -0.2) is 25.8 Å². The van der Waals surface area contributed by atoms with E-state index in [0.717, 1.165) is 33.4 Å². The molecule has 0 aliphatic carbocycles. The molecule has 0 bridgehead atoms. The minimum Gasteiger partial charge on any atom is -0.477 e. The first kappa shape index (κ1) is 12.5. The Morgan fingerprint density at radius 2 is 2.10 bits per heavy atom. The van der Waals surface area contributed by atoms with E-state index in [2.05, 4.69) is 10.1 Å². The number of carboxylic acids is 1. The summed E-state index contributed by atoms with van der Waals surface area (Å²) in [4.78, 5) is 14.1. The number of nitrogens with zero attached hydrogens (tertiary/aromatic N) is 2. The van der Waals surface area contributed by atoms with Gasteiger partial charge in [0.05, 0.1) is 11.2 Å². The molecule has 102 valence electrons. The van der Waals surface area contributed by atoms with E-state index in [9.17, 15) is 4.79 Å². The fourth-order valence-electron chi connectivity index (χ4n) is 2.64. The lowest BCUT2D eigenvalue weighted by Crippen LogP contribution is -1.95. The summed E-state index contributed by atoms with van der Waals surface area (Å²) in [6.45, 7) is 3.97. The van der Waals surface area contributed by atoms with E-state index in [1.807, 2.05) is 43.8 Å². The largest absolute Gasteiger partial charge is 0.477 e. The van der Waals surface area contributed by atoms with Crippen LogP contribution in [0.15, 0.2) is 24.3 Å². The van der Waals surface area contributed by atoms with Gasteiger partial charge in [0.15, 0.2) is 0 Å². The number of aromatic nitrogens is 3. The molecular weight excluding hydrogens is 254 g/mol. The van der Waals surface area contributed by atoms with Crippen LogP contribution in [0.1, 0.15) is 21.9 Å². The molecule has 5 heteroatoms. The molecule has 0 radical (unpaired) electrons. The average molecular weight is 269 g/mol. The fourth-order valence-corrected chi connectivity index (χ4v) is 2.64. The highest BCUT2D eigenvalue weighted by Gasteiger charge is 2.16. The number of aromatic amines is 1. The molecule has 1 aromatic carbocycles. The first-order valence-corrected chi connectivity index (χ1v) is 6.34. The van der Waals surface area contributed by atoms with E-state index >= 15 is 0 Å². The summed E-state index contributed by atoms with van der Waals surface area (Å²) < 4.78 is 1.84. The van der Waals surface area contributed by atoms with Gasteiger partial charge >= 0.3 is 5.97 Å². The van der Waals surface area contributed by atoms with Crippen LogP contribution < -0.4 is 0 Å². The summed E-state index contributed by atoms with van der Waals surface area (Å²) in [5.41, 5.74) is 5.07. The number of hydrogen-bond acceptors (Lipinski definition) is 2. The number of benzene rings is 1. The molecule has 0 unspecified atom stereocenters. The summed E-state index contributed by atoms with van der Waals surface area (Å²) in [5, 5.41) is 14.4.